The number of nitrogen functional groups attached to an aromatic ring is 3. The third kappa shape index (κ3) is 21.6. The van der Waals surface area contributed by atoms with Crippen molar-refractivity contribution in [2.75, 3.05) is 181 Å². The molecule has 117 heavy (non-hydrogen) atoms. The van der Waals surface area contributed by atoms with Crippen molar-refractivity contribution in [2.45, 2.75) is 75.5 Å². The zero-order valence-corrected chi connectivity index (χ0v) is 68.2. The van der Waals surface area contributed by atoms with Crippen LogP contribution in [0.5, 0.6) is 63.2 Å². The van der Waals surface area contributed by atoms with E-state index in [-0.39, 0.29) is 47.0 Å². The van der Waals surface area contributed by atoms with E-state index in [1.54, 1.807) is 119 Å². The van der Waals surface area contributed by atoms with Gasteiger partial charge in [0.05, 0.1) is 79.2 Å². The Morgan fingerprint density at radius 2 is 1.10 bits per heavy atom. The number of sulfonamides is 1. The molecule has 3 saturated heterocycles. The summed E-state index contributed by atoms with van der Waals surface area (Å²) in [6.07, 6.45) is 5.37. The number of ether oxygens (including phenoxy) is 12. The summed E-state index contributed by atoms with van der Waals surface area (Å²) in [6, 6.07) is 34.1. The highest BCUT2D eigenvalue weighted by molar-refractivity contribution is 7.89. The van der Waals surface area contributed by atoms with Crippen molar-refractivity contribution in [3.8, 4) is 63.2 Å². The quantitative estimate of drug-likeness (QED) is 0.0287. The Bertz CT molecular complexity index is 5170. The van der Waals surface area contributed by atoms with Crippen LogP contribution in [0.1, 0.15) is 62.1 Å². The Morgan fingerprint density at radius 3 is 1.62 bits per heavy atom. The van der Waals surface area contributed by atoms with E-state index in [2.05, 4.69) is 35.2 Å². The molecule has 2 amide bonds. The number of primary sulfonamides is 1. The van der Waals surface area contributed by atoms with Gasteiger partial charge in [-0.15, -0.1) is 0 Å². The molecule has 4 aromatic heterocycles. The second-order valence-corrected chi connectivity index (χ2v) is 29.0. The number of nitrogens with two attached hydrogens (primary N) is 4. The number of carbonyl (C=O) groups excluding carboxylic acids is 3. The number of Topliss-reactive ketones (excluding diaryl/α,β-unsaturated/α-hetero) is 1. The molecular weight excluding hydrogens is 1530 g/mol. The van der Waals surface area contributed by atoms with Gasteiger partial charge in [-0.3, -0.25) is 14.4 Å². The number of amides is 2. The van der Waals surface area contributed by atoms with Gasteiger partial charge in [-0.1, -0.05) is 30.3 Å². The molecule has 624 valence electrons. The molecule has 35 heteroatoms. The summed E-state index contributed by atoms with van der Waals surface area (Å²) in [4.78, 5) is 74.3. The van der Waals surface area contributed by atoms with E-state index in [1.807, 2.05) is 84.1 Å². The number of hydrogen-bond donors (Lipinski definition) is 5. The third-order valence-corrected chi connectivity index (χ3v) is 20.7. The van der Waals surface area contributed by atoms with Crippen LogP contribution in [0.15, 0.2) is 131 Å². The maximum atomic E-state index is 13.0. The van der Waals surface area contributed by atoms with E-state index in [9.17, 15) is 22.8 Å². The number of rotatable bonds is 28. The molecule has 2 unspecified atom stereocenters. The summed E-state index contributed by atoms with van der Waals surface area (Å²) in [5.74, 6) is 9.48. The SMILES string of the molecule is CCOc1ccccc1OCCN[C@H](C)Cc1ccc(OC)c(S(N)(=O)=O)c1.COc1cc2nc(N(C)CCCCC(=O)C3CCCO3)nc(N)c2cc1OC.COc1cc2nc(N3CCN(C(=O)C4COc5ccccc5O4)CC3)nc(N)c2cc1OC.COc1cc2nc(N3CCN(C(=O)c4ccco4)CC3)nc(N)c2cc1OC. The lowest BCUT2D eigenvalue weighted by molar-refractivity contribution is -0.141. The predicted molar refractivity (Wildman–Crippen MR) is 443 cm³/mol. The van der Waals surface area contributed by atoms with Gasteiger partial charge in [0, 0.05) is 126 Å². The van der Waals surface area contributed by atoms with E-state index in [0.29, 0.717) is 212 Å². The van der Waals surface area contributed by atoms with E-state index in [0.717, 1.165) is 48.9 Å². The Kier molecular flexibility index (Phi) is 29.5. The highest BCUT2D eigenvalue weighted by atomic mass is 32.2. The van der Waals surface area contributed by atoms with Crippen molar-refractivity contribution in [2.24, 2.45) is 5.14 Å². The number of anilines is 6. The van der Waals surface area contributed by atoms with Crippen molar-refractivity contribution < 1.29 is 84.1 Å². The normalized spacial score (nSPS) is 15.3. The molecule has 14 rings (SSSR count). The second kappa shape index (κ2) is 40.3. The fourth-order valence-corrected chi connectivity index (χ4v) is 14.3. The molecule has 6 aromatic carbocycles. The first-order valence-electron chi connectivity index (χ1n) is 38.3. The third-order valence-electron chi connectivity index (χ3n) is 19.8. The van der Waals surface area contributed by atoms with Crippen molar-refractivity contribution >= 4 is 95.6 Å². The smallest absolute Gasteiger partial charge is 0.289 e. The minimum atomic E-state index is -3.84. The van der Waals surface area contributed by atoms with Crippen molar-refractivity contribution in [1.82, 2.24) is 45.0 Å². The highest BCUT2D eigenvalue weighted by Gasteiger charge is 2.34. The van der Waals surface area contributed by atoms with Gasteiger partial charge in [-0.05, 0) is 118 Å². The minimum absolute atomic E-state index is 0.00411. The van der Waals surface area contributed by atoms with Crippen LogP contribution in [0.3, 0.4) is 0 Å². The van der Waals surface area contributed by atoms with E-state index in [4.69, 9.17) is 83.6 Å². The van der Waals surface area contributed by atoms with E-state index in [1.165, 1.54) is 13.4 Å². The monoisotopic (exact) mass is 1630 g/mol. The van der Waals surface area contributed by atoms with Gasteiger partial charge in [0.1, 0.15) is 47.4 Å². The first-order valence-corrected chi connectivity index (χ1v) is 39.8. The number of para-hydroxylation sites is 4. The topological polar surface area (TPSA) is 419 Å². The Labute approximate surface area is 678 Å². The van der Waals surface area contributed by atoms with Gasteiger partial charge in [-0.25, -0.2) is 28.5 Å². The average Bonchev–Trinajstić information content (AvgIpc) is 1.51. The van der Waals surface area contributed by atoms with Gasteiger partial charge < -0.3 is 108 Å². The summed E-state index contributed by atoms with van der Waals surface area (Å²) in [6.45, 7) is 11.8. The second-order valence-electron chi connectivity index (χ2n) is 27.5. The molecule has 4 aliphatic rings. The average molecular weight is 1630 g/mol. The van der Waals surface area contributed by atoms with Crippen LogP contribution in [0.2, 0.25) is 0 Å². The fraction of sp³-hybridized carbons (Fsp3) is 0.402. The van der Waals surface area contributed by atoms with Gasteiger partial charge in [0.15, 0.2) is 69.0 Å². The molecule has 0 saturated carbocycles. The number of benzene rings is 6. The molecule has 0 aliphatic carbocycles. The first kappa shape index (κ1) is 85.5. The molecule has 3 fully saturated rings. The molecule has 0 bridgehead atoms. The molecule has 4 aliphatic heterocycles. The van der Waals surface area contributed by atoms with Crippen LogP contribution >= 0.6 is 0 Å². The number of unbranched alkanes of at least 4 members (excludes halogenated alkanes) is 1. The standard InChI is InChI=1S/C23H25N5O5.C20H28N4O4.C20H28N2O5S.C19H21N5O4/c1-30-18-11-14-15(12-19(18)31-2)25-23(26-21(14)24)28-9-7-27(8-10-28)22(29)20-13-32-16-5-3-4-6-17(16)33-20;1-24(9-5-4-7-15(25)16-8-6-10-28-16)20-22-14-12-18(27-3)17(26-2)11-13(14)19(21)23-20;1-4-26-17-7-5-6-8-18(17)27-12-11-22-15(2)13-16-9-10-19(25-3)20(14-16)28(21,23)24;1-26-15-10-12-13(11-16(15)27-2)21-19(22-17(12)20)24-7-5-23(6-8-24)18(25)14-4-3-9-28-14/h3-6,11-12,20H,7-10,13H2,1-2H3,(H2,24,25,26);11-12,16H,4-10H2,1-3H3,(H2,21,22,23);5-10,14-15,22H,4,11-13H2,1-3H3,(H2,21,23,24);3-4,9-11H,5-8H2,1-2H3,(H2,20,21,22)/t;;15-;/m..1./s1. The number of ketones is 1. The minimum Gasteiger partial charge on any atom is -0.495 e. The van der Waals surface area contributed by atoms with E-state index < -0.39 is 16.1 Å². The van der Waals surface area contributed by atoms with E-state index >= 15 is 0 Å². The lowest BCUT2D eigenvalue weighted by Gasteiger charge is -2.37. The van der Waals surface area contributed by atoms with Crippen LogP contribution in [-0.4, -0.2) is 233 Å². The number of piperazine rings is 2. The lowest BCUT2D eigenvalue weighted by atomic mass is 10.1. The molecule has 10 aromatic rings. The Balaban J connectivity index is 0.000000154. The van der Waals surface area contributed by atoms with Gasteiger partial charge in [0.25, 0.3) is 11.8 Å². The fourth-order valence-electron chi connectivity index (χ4n) is 13.5. The molecule has 3 atom stereocenters. The number of carbonyl (C=O) groups is 3. The van der Waals surface area contributed by atoms with Crippen LogP contribution < -0.4 is 94.5 Å². The zero-order chi connectivity index (χ0) is 83.3. The summed E-state index contributed by atoms with van der Waals surface area (Å²) < 4.78 is 94.1. The number of furan rings is 1. The Hall–Kier alpha value is -12.3. The number of methoxy groups -OCH3 is 7. The largest absolute Gasteiger partial charge is 0.495 e. The molecule has 9 N–H and O–H groups in total. The predicted octanol–water partition coefficient (Wildman–Crippen LogP) is 8.43. The molecule has 34 nitrogen and oxygen atoms in total. The number of fused-ring (bicyclic) bond motifs is 4. The van der Waals surface area contributed by atoms with Gasteiger partial charge in [0.2, 0.25) is 34.0 Å². The first-order chi connectivity index (χ1) is 56.5. The summed E-state index contributed by atoms with van der Waals surface area (Å²) in [7, 11) is 8.94. The molecular formula is C82H102N16O18S. The highest BCUT2D eigenvalue weighted by Crippen LogP contribution is 2.39. The van der Waals surface area contributed by atoms with Crippen LogP contribution in [0.25, 0.3) is 32.7 Å². The summed E-state index contributed by atoms with van der Waals surface area (Å²) in [5.41, 5.74) is 21.4. The van der Waals surface area contributed by atoms with Crippen LogP contribution in [0.4, 0.5) is 35.3 Å². The molecule has 0 spiro atoms. The van der Waals surface area contributed by atoms with Crippen molar-refractivity contribution in [3.63, 3.8) is 0 Å². The number of nitrogens with zero attached hydrogens (tertiary/aromatic N) is 11. The number of nitrogens with one attached hydrogen (secondary N) is 1. The van der Waals surface area contributed by atoms with Crippen molar-refractivity contribution in [3.05, 3.63) is 133 Å². The van der Waals surface area contributed by atoms with Gasteiger partial charge in [-0.2, -0.15) is 15.0 Å². The maximum Gasteiger partial charge on any atom is 0.289 e. The molecule has 0 radical (unpaired) electrons. The van der Waals surface area contributed by atoms with Crippen LogP contribution in [0, 0.1) is 0 Å². The maximum absolute atomic E-state index is 13.0. The summed E-state index contributed by atoms with van der Waals surface area (Å²) >= 11 is 0. The number of aromatic nitrogens is 6. The summed E-state index contributed by atoms with van der Waals surface area (Å²) in [5, 5.41) is 10.7. The zero-order valence-electron chi connectivity index (χ0n) is 67.4. The van der Waals surface area contributed by atoms with Crippen LogP contribution in [-0.2, 0) is 30.8 Å². The number of hydrogen-bond acceptors (Lipinski definition) is 31. The molecule has 8 heterocycles. The van der Waals surface area contributed by atoms with Crippen molar-refractivity contribution in [1.29, 1.82) is 0 Å². The lowest BCUT2D eigenvalue weighted by Crippen LogP contribution is -2.54. The Morgan fingerprint density at radius 1 is 0.581 bits per heavy atom. The van der Waals surface area contributed by atoms with Gasteiger partial charge >= 0.3 is 0 Å².